The van der Waals surface area contributed by atoms with E-state index in [4.69, 9.17) is 10.1 Å². The summed E-state index contributed by atoms with van der Waals surface area (Å²) in [6.45, 7) is 5.20. The number of rotatable bonds is 9. The summed E-state index contributed by atoms with van der Waals surface area (Å²) in [7, 11) is 0. The van der Waals surface area contributed by atoms with E-state index in [9.17, 15) is 4.79 Å². The van der Waals surface area contributed by atoms with Crippen molar-refractivity contribution in [1.82, 2.24) is 4.90 Å². The molecule has 1 atom stereocenters. The van der Waals surface area contributed by atoms with Gasteiger partial charge >= 0.3 is 5.97 Å². The molecule has 0 bridgehead atoms. The molecule has 4 rings (SSSR count). The van der Waals surface area contributed by atoms with Crippen LogP contribution in [0.15, 0.2) is 83.9 Å². The largest absolute Gasteiger partial charge is 0.481 e. The van der Waals surface area contributed by atoms with E-state index in [0.717, 1.165) is 50.2 Å². The van der Waals surface area contributed by atoms with Crippen LogP contribution in [0.25, 0.3) is 11.1 Å². The average molecular weight is 441 g/mol. The smallest absolute Gasteiger partial charge is 0.307 e. The van der Waals surface area contributed by atoms with Crippen molar-refractivity contribution < 1.29 is 9.90 Å². The molecule has 4 nitrogen and oxygen atoms in total. The maximum absolute atomic E-state index is 11.1. The summed E-state index contributed by atoms with van der Waals surface area (Å²) in [6, 6.07) is 27.8. The molecule has 33 heavy (non-hydrogen) atoms. The van der Waals surface area contributed by atoms with Crippen LogP contribution < -0.4 is 0 Å². The zero-order chi connectivity index (χ0) is 23.0. The van der Waals surface area contributed by atoms with Crippen molar-refractivity contribution in [2.75, 3.05) is 19.6 Å². The van der Waals surface area contributed by atoms with Gasteiger partial charge in [-0.3, -0.25) is 14.7 Å². The number of carboxylic acids is 1. The molecule has 0 aromatic heterocycles. The van der Waals surface area contributed by atoms with Gasteiger partial charge in [-0.15, -0.1) is 0 Å². The van der Waals surface area contributed by atoms with Gasteiger partial charge in [-0.2, -0.15) is 0 Å². The normalized spacial score (nSPS) is 16.8. The molecule has 0 radical (unpaired) electrons. The summed E-state index contributed by atoms with van der Waals surface area (Å²) in [5.41, 5.74) is 7.28. The van der Waals surface area contributed by atoms with Gasteiger partial charge < -0.3 is 5.11 Å². The molecule has 1 unspecified atom stereocenters. The number of likely N-dealkylation sites (tertiary alicyclic amines) is 1. The Hall–Kier alpha value is -3.24. The zero-order valence-electron chi connectivity index (χ0n) is 19.3. The lowest BCUT2D eigenvalue weighted by molar-refractivity contribution is -0.141. The molecule has 170 valence electrons. The van der Waals surface area contributed by atoms with Crippen LogP contribution >= 0.6 is 0 Å². The van der Waals surface area contributed by atoms with Gasteiger partial charge in [0.1, 0.15) is 0 Å². The lowest BCUT2D eigenvalue weighted by Crippen LogP contribution is -2.22. The third kappa shape index (κ3) is 6.39. The van der Waals surface area contributed by atoms with E-state index in [0.29, 0.717) is 6.54 Å². The SMILES string of the molecule is CC(=NCCCc1ccc(-c2ccccc2)cc1)c1ccc(CN2CCC(C(=O)O)C2)cc1. The molecule has 1 heterocycles. The Bertz CT molecular complexity index is 1070. The number of nitrogens with zero attached hydrogens (tertiary/aromatic N) is 2. The van der Waals surface area contributed by atoms with Crippen molar-refractivity contribution in [1.29, 1.82) is 0 Å². The Morgan fingerprint density at radius 1 is 0.939 bits per heavy atom. The average Bonchev–Trinajstić information content (AvgIpc) is 3.32. The highest BCUT2D eigenvalue weighted by atomic mass is 16.4. The van der Waals surface area contributed by atoms with E-state index in [2.05, 4.69) is 84.6 Å². The molecule has 0 aliphatic carbocycles. The number of hydrogen-bond acceptors (Lipinski definition) is 3. The van der Waals surface area contributed by atoms with E-state index in [1.165, 1.54) is 22.3 Å². The van der Waals surface area contributed by atoms with E-state index in [-0.39, 0.29) is 5.92 Å². The van der Waals surface area contributed by atoms with Gasteiger partial charge in [-0.05, 0) is 60.5 Å². The number of carbonyl (C=O) groups is 1. The molecule has 4 heteroatoms. The number of carboxylic acid groups (broad SMARTS) is 1. The fourth-order valence-electron chi connectivity index (χ4n) is 4.40. The molecule has 1 saturated heterocycles. The fourth-order valence-corrected chi connectivity index (χ4v) is 4.40. The number of aliphatic carboxylic acids is 1. The van der Waals surface area contributed by atoms with Crippen LogP contribution in [-0.2, 0) is 17.8 Å². The van der Waals surface area contributed by atoms with Crippen molar-refractivity contribution >= 4 is 11.7 Å². The van der Waals surface area contributed by atoms with Crippen molar-refractivity contribution in [2.24, 2.45) is 10.9 Å². The Morgan fingerprint density at radius 3 is 2.27 bits per heavy atom. The second-order valence-electron chi connectivity index (χ2n) is 8.89. The molecule has 0 amide bonds. The fraction of sp³-hybridized carbons (Fsp3) is 0.310. The predicted octanol–water partition coefficient (Wildman–Crippen LogP) is 5.70. The van der Waals surface area contributed by atoms with Crippen LogP contribution in [-0.4, -0.2) is 41.3 Å². The van der Waals surface area contributed by atoms with Gasteiger partial charge in [0.25, 0.3) is 0 Å². The highest BCUT2D eigenvalue weighted by Crippen LogP contribution is 2.20. The van der Waals surface area contributed by atoms with Crippen molar-refractivity contribution in [3.8, 4) is 11.1 Å². The highest BCUT2D eigenvalue weighted by molar-refractivity contribution is 5.98. The molecule has 1 aliphatic heterocycles. The molecule has 3 aromatic rings. The number of aryl methyl sites for hydroxylation is 1. The molecular weight excluding hydrogens is 408 g/mol. The standard InChI is InChI=1S/C29H32N2O2/c1-22(25-13-11-24(12-14-25)20-31-19-17-28(21-31)29(32)33)30-18-5-6-23-9-15-27(16-10-23)26-7-3-2-4-8-26/h2-4,7-16,28H,5-6,17-21H2,1H3,(H,32,33). The van der Waals surface area contributed by atoms with Crippen LogP contribution in [0.1, 0.15) is 36.5 Å². The zero-order valence-corrected chi connectivity index (χ0v) is 19.3. The summed E-state index contributed by atoms with van der Waals surface area (Å²) < 4.78 is 0. The predicted molar refractivity (Wildman–Crippen MR) is 135 cm³/mol. The summed E-state index contributed by atoms with van der Waals surface area (Å²) in [6.07, 6.45) is 2.80. The van der Waals surface area contributed by atoms with Crippen LogP contribution in [0.5, 0.6) is 0 Å². The van der Waals surface area contributed by atoms with Gasteiger partial charge in [-0.1, -0.05) is 78.9 Å². The Labute approximate surface area is 196 Å². The molecule has 1 N–H and O–H groups in total. The quantitative estimate of drug-likeness (QED) is 0.343. The lowest BCUT2D eigenvalue weighted by atomic mass is 10.0. The van der Waals surface area contributed by atoms with Crippen molar-refractivity contribution in [2.45, 2.75) is 32.7 Å². The topological polar surface area (TPSA) is 52.9 Å². The van der Waals surface area contributed by atoms with E-state index in [1.807, 2.05) is 6.07 Å². The summed E-state index contributed by atoms with van der Waals surface area (Å²) in [5, 5.41) is 9.16. The highest BCUT2D eigenvalue weighted by Gasteiger charge is 2.27. The van der Waals surface area contributed by atoms with E-state index >= 15 is 0 Å². The molecule has 0 spiro atoms. The molecule has 0 saturated carbocycles. The van der Waals surface area contributed by atoms with Crippen LogP contribution in [0.2, 0.25) is 0 Å². The summed E-state index contributed by atoms with van der Waals surface area (Å²) in [4.78, 5) is 18.1. The molecular formula is C29H32N2O2. The third-order valence-electron chi connectivity index (χ3n) is 6.43. The maximum Gasteiger partial charge on any atom is 0.307 e. The molecule has 1 aliphatic rings. The first-order valence-corrected chi connectivity index (χ1v) is 11.8. The number of aliphatic imine (C=N–C) groups is 1. The first kappa shape index (κ1) is 22.9. The molecule has 1 fully saturated rings. The Morgan fingerprint density at radius 2 is 1.61 bits per heavy atom. The minimum absolute atomic E-state index is 0.222. The lowest BCUT2D eigenvalue weighted by Gasteiger charge is -2.15. The van der Waals surface area contributed by atoms with Gasteiger partial charge in [-0.25, -0.2) is 0 Å². The van der Waals surface area contributed by atoms with Gasteiger partial charge in [0.05, 0.1) is 5.92 Å². The van der Waals surface area contributed by atoms with Gasteiger partial charge in [0.15, 0.2) is 0 Å². The molecule has 3 aromatic carbocycles. The second kappa shape index (κ2) is 11.1. The van der Waals surface area contributed by atoms with Gasteiger partial charge in [0, 0.05) is 25.3 Å². The summed E-state index contributed by atoms with van der Waals surface area (Å²) >= 11 is 0. The Kier molecular flexibility index (Phi) is 7.69. The Balaban J connectivity index is 1.23. The first-order chi connectivity index (χ1) is 16.1. The maximum atomic E-state index is 11.1. The minimum Gasteiger partial charge on any atom is -0.481 e. The minimum atomic E-state index is -0.677. The van der Waals surface area contributed by atoms with Crippen LogP contribution in [0, 0.1) is 5.92 Å². The van der Waals surface area contributed by atoms with Crippen molar-refractivity contribution in [3.05, 3.63) is 95.6 Å². The number of hydrogen-bond donors (Lipinski definition) is 1. The van der Waals surface area contributed by atoms with E-state index in [1.54, 1.807) is 0 Å². The summed E-state index contributed by atoms with van der Waals surface area (Å²) in [5.74, 6) is -0.899. The van der Waals surface area contributed by atoms with Crippen molar-refractivity contribution in [3.63, 3.8) is 0 Å². The third-order valence-corrected chi connectivity index (χ3v) is 6.43. The first-order valence-electron chi connectivity index (χ1n) is 11.8. The van der Waals surface area contributed by atoms with Crippen LogP contribution in [0.3, 0.4) is 0 Å². The second-order valence-corrected chi connectivity index (χ2v) is 8.89. The van der Waals surface area contributed by atoms with Crippen LogP contribution in [0.4, 0.5) is 0 Å². The number of benzene rings is 3. The van der Waals surface area contributed by atoms with E-state index < -0.39 is 5.97 Å². The monoisotopic (exact) mass is 440 g/mol. The van der Waals surface area contributed by atoms with Gasteiger partial charge in [0.2, 0.25) is 0 Å².